The summed E-state index contributed by atoms with van der Waals surface area (Å²) in [4.78, 5) is 24.5. The highest BCUT2D eigenvalue weighted by Crippen LogP contribution is 2.17. The van der Waals surface area contributed by atoms with Crippen LogP contribution in [0.5, 0.6) is 0 Å². The lowest BCUT2D eigenvalue weighted by Crippen LogP contribution is -2.45. The van der Waals surface area contributed by atoms with Crippen LogP contribution in [0.4, 0.5) is 0 Å². The second-order valence-electron chi connectivity index (χ2n) is 22.1. The molecule has 424 valence electrons. The number of rotatable bonds is 60. The maximum absolute atomic E-state index is 12.5. The molecular weight excluding hydrogens is 887 g/mol. The van der Waals surface area contributed by atoms with E-state index >= 15 is 0 Å². The quantitative estimate of drug-likeness (QED) is 0.0320. The number of esters is 1. The fourth-order valence-corrected chi connectivity index (χ4v) is 9.92. The summed E-state index contributed by atoms with van der Waals surface area (Å²) in [6.07, 6.45) is 77.7. The Bertz CT molecular complexity index is 1170. The zero-order valence-corrected chi connectivity index (χ0v) is 48.4. The molecule has 0 aromatic carbocycles. The van der Waals surface area contributed by atoms with E-state index in [1.165, 1.54) is 276 Å². The zero-order valence-electron chi connectivity index (χ0n) is 48.4. The van der Waals surface area contributed by atoms with E-state index in [1.807, 2.05) is 6.08 Å². The summed E-state index contributed by atoms with van der Waals surface area (Å²) < 4.78 is 5.48. The number of amides is 1. The van der Waals surface area contributed by atoms with Gasteiger partial charge in [0.05, 0.1) is 25.4 Å². The summed E-state index contributed by atoms with van der Waals surface area (Å²) in [7, 11) is 0. The number of ether oxygens (including phenoxy) is 1. The molecule has 0 rings (SSSR count). The van der Waals surface area contributed by atoms with E-state index in [1.54, 1.807) is 6.08 Å². The smallest absolute Gasteiger partial charge is 0.305 e. The van der Waals surface area contributed by atoms with Crippen molar-refractivity contribution in [3.05, 3.63) is 36.5 Å². The molecule has 0 spiro atoms. The van der Waals surface area contributed by atoms with Crippen molar-refractivity contribution in [1.29, 1.82) is 0 Å². The number of allylic oxidation sites excluding steroid dienone is 5. The van der Waals surface area contributed by atoms with Gasteiger partial charge in [-0.1, -0.05) is 288 Å². The molecule has 0 aliphatic carbocycles. The Hall–Kier alpha value is -1.92. The molecule has 0 aromatic heterocycles. The predicted octanol–water partition coefficient (Wildman–Crippen LogP) is 20.4. The van der Waals surface area contributed by atoms with Crippen LogP contribution in [-0.4, -0.2) is 47.4 Å². The molecule has 6 nitrogen and oxygen atoms in total. The third kappa shape index (κ3) is 57.4. The average molecular weight is 1010 g/mol. The summed E-state index contributed by atoms with van der Waals surface area (Å²) in [5, 5.41) is 23.1. The molecule has 3 N–H and O–H groups in total. The van der Waals surface area contributed by atoms with Gasteiger partial charge < -0.3 is 20.3 Å². The van der Waals surface area contributed by atoms with Crippen molar-refractivity contribution in [1.82, 2.24) is 5.32 Å². The van der Waals surface area contributed by atoms with Crippen LogP contribution in [0.25, 0.3) is 0 Å². The normalized spacial score (nSPS) is 12.8. The molecule has 0 heterocycles. The largest absolute Gasteiger partial charge is 0.466 e. The minimum absolute atomic E-state index is 0.00603. The van der Waals surface area contributed by atoms with E-state index in [0.29, 0.717) is 19.4 Å². The summed E-state index contributed by atoms with van der Waals surface area (Å²) in [5.41, 5.74) is 0. The molecule has 1 amide bonds. The molecule has 0 aliphatic heterocycles. The lowest BCUT2D eigenvalue weighted by Gasteiger charge is -2.20. The molecule has 0 radical (unpaired) electrons. The van der Waals surface area contributed by atoms with Crippen LogP contribution >= 0.6 is 0 Å². The number of unbranched alkanes of at least 4 members (excludes halogenated alkanes) is 45. The van der Waals surface area contributed by atoms with Crippen LogP contribution in [0.15, 0.2) is 36.5 Å². The number of hydrogen-bond donors (Lipinski definition) is 3. The third-order valence-electron chi connectivity index (χ3n) is 14.9. The number of carbonyl (C=O) groups excluding carboxylic acids is 2. The summed E-state index contributed by atoms with van der Waals surface area (Å²) in [5.74, 6) is -0.0629. The van der Waals surface area contributed by atoms with E-state index in [4.69, 9.17) is 4.74 Å². The summed E-state index contributed by atoms with van der Waals surface area (Å²) >= 11 is 0. The number of carbonyl (C=O) groups is 2. The first-order valence-corrected chi connectivity index (χ1v) is 32.3. The van der Waals surface area contributed by atoms with Crippen LogP contribution in [0, 0.1) is 0 Å². The van der Waals surface area contributed by atoms with Crippen LogP contribution < -0.4 is 5.32 Å². The number of aliphatic hydroxyl groups is 2. The molecule has 0 fully saturated rings. The number of hydrogen-bond acceptors (Lipinski definition) is 5. The van der Waals surface area contributed by atoms with Crippen LogP contribution in [-0.2, 0) is 14.3 Å². The van der Waals surface area contributed by atoms with E-state index in [0.717, 1.165) is 44.9 Å². The third-order valence-corrected chi connectivity index (χ3v) is 14.9. The van der Waals surface area contributed by atoms with E-state index in [2.05, 4.69) is 43.5 Å². The molecule has 0 bridgehead atoms. The fourth-order valence-electron chi connectivity index (χ4n) is 9.92. The zero-order chi connectivity index (χ0) is 52.2. The highest BCUT2D eigenvalue weighted by atomic mass is 16.5. The molecule has 0 saturated carbocycles. The monoisotopic (exact) mass is 1010 g/mol. The van der Waals surface area contributed by atoms with Crippen LogP contribution in [0.3, 0.4) is 0 Å². The Morgan fingerprint density at radius 1 is 0.375 bits per heavy atom. The second-order valence-corrected chi connectivity index (χ2v) is 22.1. The first kappa shape index (κ1) is 70.1. The number of aliphatic hydroxyl groups excluding tert-OH is 2. The van der Waals surface area contributed by atoms with E-state index in [9.17, 15) is 19.8 Å². The Balaban J connectivity index is 3.40. The molecule has 72 heavy (non-hydrogen) atoms. The van der Waals surface area contributed by atoms with Crippen molar-refractivity contribution in [3.63, 3.8) is 0 Å². The lowest BCUT2D eigenvalue weighted by molar-refractivity contribution is -0.143. The topological polar surface area (TPSA) is 95.9 Å². The SMILES string of the molecule is CCCCCCCC/C=C\CCCCCCCC(=O)OCCCCCCCCCCCCCC/C=C\CCCCCCCCCCCCC(=O)NC(CO)C(O)/C=C/CCCCCCCCCCCCCC. The molecule has 0 saturated heterocycles. The maximum atomic E-state index is 12.5. The second kappa shape index (κ2) is 61.6. The van der Waals surface area contributed by atoms with Crippen LogP contribution in [0.1, 0.15) is 348 Å². The van der Waals surface area contributed by atoms with Gasteiger partial charge in [0, 0.05) is 12.8 Å². The standard InChI is InChI=1S/C66H125NO5/c1-3-5-7-9-11-13-15-17-31-36-40-44-48-52-56-60-66(71)72-61-57-53-49-45-41-37-33-30-28-26-24-22-20-19-21-23-25-27-29-32-35-39-43-47-51-55-59-65(70)67-63(62-68)64(69)58-54-50-46-42-38-34-18-16-14-12-10-8-6-4-2/h17,19,21,31,54,58,63-64,68-69H,3-16,18,20,22-30,32-53,55-57,59-62H2,1-2H3,(H,67,70)/b21-19-,31-17-,58-54+. The van der Waals surface area contributed by atoms with Gasteiger partial charge in [-0.05, 0) is 83.5 Å². The fraction of sp³-hybridized carbons (Fsp3) is 0.879. The first-order chi connectivity index (χ1) is 35.5. The first-order valence-electron chi connectivity index (χ1n) is 32.3. The highest BCUT2D eigenvalue weighted by Gasteiger charge is 2.18. The molecule has 0 aromatic rings. The lowest BCUT2D eigenvalue weighted by atomic mass is 10.0. The van der Waals surface area contributed by atoms with Crippen molar-refractivity contribution < 1.29 is 24.5 Å². The van der Waals surface area contributed by atoms with Gasteiger partial charge in [0.1, 0.15) is 0 Å². The molecule has 2 unspecified atom stereocenters. The van der Waals surface area contributed by atoms with E-state index < -0.39 is 12.1 Å². The van der Waals surface area contributed by atoms with Crippen molar-refractivity contribution >= 4 is 11.9 Å². The van der Waals surface area contributed by atoms with Gasteiger partial charge >= 0.3 is 5.97 Å². The van der Waals surface area contributed by atoms with Gasteiger partial charge in [-0.3, -0.25) is 9.59 Å². The molecular formula is C66H125NO5. The van der Waals surface area contributed by atoms with Gasteiger partial charge in [0.25, 0.3) is 0 Å². The molecule has 6 heteroatoms. The Kier molecular flexibility index (Phi) is 60.0. The number of nitrogens with one attached hydrogen (secondary N) is 1. The van der Waals surface area contributed by atoms with Crippen molar-refractivity contribution in [2.75, 3.05) is 13.2 Å². The highest BCUT2D eigenvalue weighted by molar-refractivity contribution is 5.76. The van der Waals surface area contributed by atoms with Gasteiger partial charge in [-0.2, -0.15) is 0 Å². The Morgan fingerprint density at radius 3 is 0.986 bits per heavy atom. The van der Waals surface area contributed by atoms with Crippen molar-refractivity contribution in [2.24, 2.45) is 0 Å². The average Bonchev–Trinajstić information content (AvgIpc) is 3.38. The van der Waals surface area contributed by atoms with Crippen molar-refractivity contribution in [2.45, 2.75) is 360 Å². The van der Waals surface area contributed by atoms with Gasteiger partial charge in [-0.25, -0.2) is 0 Å². The molecule has 0 aliphatic rings. The van der Waals surface area contributed by atoms with Gasteiger partial charge in [0.15, 0.2) is 0 Å². The summed E-state index contributed by atoms with van der Waals surface area (Å²) in [6, 6.07) is -0.629. The van der Waals surface area contributed by atoms with Crippen molar-refractivity contribution in [3.8, 4) is 0 Å². The van der Waals surface area contributed by atoms with E-state index in [-0.39, 0.29) is 18.5 Å². The van der Waals surface area contributed by atoms with Crippen LogP contribution in [0.2, 0.25) is 0 Å². The minimum atomic E-state index is -0.845. The van der Waals surface area contributed by atoms with Gasteiger partial charge in [0.2, 0.25) is 5.91 Å². The Morgan fingerprint density at radius 2 is 0.653 bits per heavy atom. The predicted molar refractivity (Wildman–Crippen MR) is 315 cm³/mol. The maximum Gasteiger partial charge on any atom is 0.305 e. The summed E-state index contributed by atoms with van der Waals surface area (Å²) in [6.45, 7) is 4.91. The minimum Gasteiger partial charge on any atom is -0.466 e. The molecule has 2 atom stereocenters. The van der Waals surface area contributed by atoms with Gasteiger partial charge in [-0.15, -0.1) is 0 Å². The Labute approximate surface area is 449 Å².